The molecule has 0 saturated carbocycles. The first-order chi connectivity index (χ1) is 10.2. The fourth-order valence-corrected chi connectivity index (χ4v) is 2.20. The van der Waals surface area contributed by atoms with Crippen molar-refractivity contribution >= 4 is 18.7 Å². The van der Waals surface area contributed by atoms with Crippen molar-refractivity contribution in [3.63, 3.8) is 0 Å². The van der Waals surface area contributed by atoms with E-state index in [4.69, 9.17) is 19.2 Å². The van der Waals surface area contributed by atoms with Crippen LogP contribution in [0.5, 0.6) is 5.75 Å². The van der Waals surface area contributed by atoms with E-state index in [0.717, 1.165) is 11.0 Å². The number of hydrogen-bond acceptors (Lipinski definition) is 4. The van der Waals surface area contributed by atoms with E-state index in [9.17, 15) is 4.79 Å². The van der Waals surface area contributed by atoms with Gasteiger partial charge in [-0.1, -0.05) is 12.1 Å². The molecule has 2 N–H and O–H groups in total. The van der Waals surface area contributed by atoms with Crippen molar-refractivity contribution in [3.8, 4) is 5.75 Å². The average Bonchev–Trinajstić information content (AvgIpc) is 2.65. The van der Waals surface area contributed by atoms with Gasteiger partial charge in [-0.25, -0.2) is 4.79 Å². The number of benzene rings is 1. The molecule has 0 aromatic heterocycles. The summed E-state index contributed by atoms with van der Waals surface area (Å²) in [6.07, 6.45) is -1.07. The molecule has 7 heteroatoms. The Morgan fingerprint density at radius 2 is 1.86 bits per heavy atom. The van der Waals surface area contributed by atoms with E-state index < -0.39 is 24.4 Å². The summed E-state index contributed by atoms with van der Waals surface area (Å²) in [5, 5.41) is 11.0. The Morgan fingerprint density at radius 3 is 2.36 bits per heavy atom. The minimum atomic E-state index is -1.07. The van der Waals surface area contributed by atoms with Crippen molar-refractivity contribution in [1.29, 1.82) is 0 Å². The minimum absolute atomic E-state index is 0.183. The Morgan fingerprint density at radius 1 is 1.27 bits per heavy atom. The number of ether oxygens (including phenoxy) is 1. The lowest BCUT2D eigenvalue weighted by molar-refractivity contribution is 0.00578. The summed E-state index contributed by atoms with van der Waals surface area (Å²) >= 11 is 0. The lowest BCUT2D eigenvalue weighted by Crippen LogP contribution is -2.41. The zero-order valence-corrected chi connectivity index (χ0v) is 13.6. The molecule has 0 spiro atoms. The molecule has 1 aromatic carbocycles. The normalized spacial score (nSPS) is 19.0. The summed E-state index contributed by atoms with van der Waals surface area (Å²) in [5.41, 5.74) is 0.780. The molecule has 1 aromatic rings. The Kier molecular flexibility index (Phi) is 4.40. The maximum atomic E-state index is 10.6. The van der Waals surface area contributed by atoms with Crippen LogP contribution in [0.25, 0.3) is 0 Å². The summed E-state index contributed by atoms with van der Waals surface area (Å²) < 4.78 is 17.3. The highest BCUT2D eigenvalue weighted by Gasteiger charge is 2.51. The van der Waals surface area contributed by atoms with Crippen LogP contribution in [0.3, 0.4) is 0 Å². The largest absolute Gasteiger partial charge is 0.496 e. The van der Waals surface area contributed by atoms with Crippen molar-refractivity contribution < 1.29 is 23.9 Å². The topological polar surface area (TPSA) is 77.0 Å². The second kappa shape index (κ2) is 5.81. The third-order valence-corrected chi connectivity index (χ3v) is 4.27. The number of rotatable bonds is 4. The monoisotopic (exact) mass is 307 g/mol. The minimum Gasteiger partial charge on any atom is -0.496 e. The van der Waals surface area contributed by atoms with Crippen LogP contribution >= 0.6 is 0 Å². The molecule has 1 saturated heterocycles. The predicted molar refractivity (Wildman–Crippen MR) is 83.6 cm³/mol. The first kappa shape index (κ1) is 16.6. The number of carbonyl (C=O) groups is 1. The van der Waals surface area contributed by atoms with Gasteiger partial charge in [0.15, 0.2) is 0 Å². The van der Waals surface area contributed by atoms with E-state index in [1.54, 1.807) is 7.11 Å². The highest BCUT2D eigenvalue weighted by molar-refractivity contribution is 6.62. The fourth-order valence-electron chi connectivity index (χ4n) is 2.20. The predicted octanol–water partition coefficient (Wildman–Crippen LogP) is 1.76. The zero-order valence-electron chi connectivity index (χ0n) is 13.6. The highest BCUT2D eigenvalue weighted by atomic mass is 16.7. The maximum Gasteiger partial charge on any atom is 0.494 e. The molecule has 1 heterocycles. The summed E-state index contributed by atoms with van der Waals surface area (Å²) in [4.78, 5) is 10.6. The molecule has 120 valence electrons. The van der Waals surface area contributed by atoms with Crippen molar-refractivity contribution in [3.05, 3.63) is 23.8 Å². The molecule has 1 aliphatic rings. The zero-order chi connectivity index (χ0) is 16.5. The quantitative estimate of drug-likeness (QED) is 0.829. The number of carboxylic acid groups (broad SMARTS) is 1. The molecule has 0 radical (unpaired) electrons. The van der Waals surface area contributed by atoms with Gasteiger partial charge in [-0.2, -0.15) is 0 Å². The summed E-state index contributed by atoms with van der Waals surface area (Å²) in [5.74, 6) is 0.598. The molecule has 0 unspecified atom stereocenters. The second-order valence-electron chi connectivity index (χ2n) is 6.32. The van der Waals surface area contributed by atoms with Gasteiger partial charge in [0, 0.05) is 12.1 Å². The van der Waals surface area contributed by atoms with Gasteiger partial charge in [-0.3, -0.25) is 0 Å². The number of hydrogen-bond donors (Lipinski definition) is 2. The molecule has 22 heavy (non-hydrogen) atoms. The Hall–Kier alpha value is -1.73. The molecule has 2 rings (SSSR count). The standard InChI is InChI=1S/C15H22BNO5/c1-14(2)15(3,4)22-16(21-14)11-7-6-10(9-17-13(18)19)12(8-11)20-5/h6-8,17H,9H2,1-5H3,(H,18,19). The molecule has 6 nitrogen and oxygen atoms in total. The Labute approximate surface area is 130 Å². The van der Waals surface area contributed by atoms with E-state index in [1.807, 2.05) is 45.9 Å². The molecule has 1 fully saturated rings. The maximum absolute atomic E-state index is 10.6. The lowest BCUT2D eigenvalue weighted by Gasteiger charge is -2.32. The van der Waals surface area contributed by atoms with Gasteiger partial charge in [0.25, 0.3) is 0 Å². The van der Waals surface area contributed by atoms with Crippen molar-refractivity contribution in [2.24, 2.45) is 0 Å². The van der Waals surface area contributed by atoms with Crippen LogP contribution in [-0.2, 0) is 15.9 Å². The van der Waals surface area contributed by atoms with Gasteiger partial charge in [-0.05, 0) is 39.2 Å². The van der Waals surface area contributed by atoms with Gasteiger partial charge < -0.3 is 24.5 Å². The number of methoxy groups -OCH3 is 1. The van der Waals surface area contributed by atoms with E-state index in [-0.39, 0.29) is 6.54 Å². The van der Waals surface area contributed by atoms with Gasteiger partial charge >= 0.3 is 13.2 Å². The summed E-state index contributed by atoms with van der Waals surface area (Å²) in [6, 6.07) is 5.50. The fraction of sp³-hybridized carbons (Fsp3) is 0.533. The molecule has 1 amide bonds. The smallest absolute Gasteiger partial charge is 0.494 e. The SMILES string of the molecule is COc1cc(B2OC(C)(C)C(C)(C)O2)ccc1CNC(=O)O. The third-order valence-electron chi connectivity index (χ3n) is 4.27. The highest BCUT2D eigenvalue weighted by Crippen LogP contribution is 2.36. The lowest BCUT2D eigenvalue weighted by atomic mass is 9.78. The molecule has 1 aliphatic heterocycles. The Bertz CT molecular complexity index is 557. The van der Waals surface area contributed by atoms with E-state index in [0.29, 0.717) is 5.75 Å². The van der Waals surface area contributed by atoms with Gasteiger partial charge in [0.1, 0.15) is 5.75 Å². The van der Waals surface area contributed by atoms with Crippen LogP contribution in [0, 0.1) is 0 Å². The first-order valence-electron chi connectivity index (χ1n) is 7.15. The van der Waals surface area contributed by atoms with E-state index >= 15 is 0 Å². The molecule has 0 bridgehead atoms. The second-order valence-corrected chi connectivity index (χ2v) is 6.32. The van der Waals surface area contributed by atoms with Gasteiger partial charge in [-0.15, -0.1) is 0 Å². The molecule has 0 aliphatic carbocycles. The van der Waals surface area contributed by atoms with Crippen molar-refractivity contribution in [2.45, 2.75) is 45.4 Å². The third kappa shape index (κ3) is 3.20. The van der Waals surface area contributed by atoms with E-state index in [1.165, 1.54) is 0 Å². The van der Waals surface area contributed by atoms with Crippen LogP contribution in [0.1, 0.15) is 33.3 Å². The van der Waals surface area contributed by atoms with Crippen LogP contribution in [0.2, 0.25) is 0 Å². The first-order valence-corrected chi connectivity index (χ1v) is 7.15. The van der Waals surface area contributed by atoms with E-state index in [2.05, 4.69) is 5.32 Å². The van der Waals surface area contributed by atoms with Crippen LogP contribution in [0.15, 0.2) is 18.2 Å². The summed E-state index contributed by atoms with van der Waals surface area (Å²) in [7, 11) is 1.08. The molecular weight excluding hydrogens is 285 g/mol. The number of amides is 1. The van der Waals surface area contributed by atoms with Gasteiger partial charge in [0.05, 0.1) is 18.3 Å². The summed E-state index contributed by atoms with van der Waals surface area (Å²) in [6.45, 7) is 8.16. The average molecular weight is 307 g/mol. The van der Waals surface area contributed by atoms with Crippen LogP contribution in [-0.4, -0.2) is 36.6 Å². The molecule has 0 atom stereocenters. The number of nitrogens with one attached hydrogen (secondary N) is 1. The van der Waals surface area contributed by atoms with Crippen molar-refractivity contribution in [1.82, 2.24) is 5.32 Å². The van der Waals surface area contributed by atoms with Crippen molar-refractivity contribution in [2.75, 3.05) is 7.11 Å². The molecular formula is C15H22BNO5. The van der Waals surface area contributed by atoms with Crippen LogP contribution < -0.4 is 15.5 Å². The Balaban J connectivity index is 2.22. The van der Waals surface area contributed by atoms with Gasteiger partial charge in [0.2, 0.25) is 0 Å². The van der Waals surface area contributed by atoms with Crippen LogP contribution in [0.4, 0.5) is 4.79 Å².